The maximum Gasteiger partial charge on any atom is 0.412 e. The summed E-state index contributed by atoms with van der Waals surface area (Å²) in [5.41, 5.74) is 0. The molecule has 3 saturated heterocycles. The zero-order valence-electron chi connectivity index (χ0n) is 9.35. The number of carbonyl (C=O) groups excluding carboxylic acids is 1. The maximum absolute atomic E-state index is 12.0. The summed E-state index contributed by atoms with van der Waals surface area (Å²) in [6, 6.07) is 0.653. The molecular weight excluding hydrogens is 208 g/mol. The van der Waals surface area contributed by atoms with Gasteiger partial charge in [-0.2, -0.15) is 0 Å². The van der Waals surface area contributed by atoms with Gasteiger partial charge in [-0.05, 0) is 19.3 Å². The molecule has 3 fully saturated rings. The molecule has 3 heterocycles. The molecule has 0 spiro atoms. The molecule has 0 aromatic heterocycles. The number of fused-ring (bicyclic) bond motifs is 2. The lowest BCUT2D eigenvalue weighted by molar-refractivity contribution is -0.0826. The minimum Gasteiger partial charge on any atom is -0.419 e. The van der Waals surface area contributed by atoms with Crippen LogP contribution in [0.25, 0.3) is 0 Å². The third kappa shape index (κ3) is 1.78. The number of rotatable bonds is 1. The second-order valence-electron chi connectivity index (χ2n) is 4.78. The summed E-state index contributed by atoms with van der Waals surface area (Å²) in [5.74, 6) is 0. The molecular formula is C11H18N2O3. The summed E-state index contributed by atoms with van der Waals surface area (Å²) in [6.07, 6.45) is 3.54. The number of nitrogens with one attached hydrogen (secondary N) is 1. The third-order valence-electron chi connectivity index (χ3n) is 3.71. The Morgan fingerprint density at radius 3 is 2.62 bits per heavy atom. The van der Waals surface area contributed by atoms with Gasteiger partial charge in [0.1, 0.15) is 0 Å². The normalized spacial score (nSPS) is 37.8. The molecule has 3 aliphatic heterocycles. The van der Waals surface area contributed by atoms with Gasteiger partial charge in [-0.1, -0.05) is 0 Å². The number of hydrogen-bond donors (Lipinski definition) is 1. The SMILES string of the molecule is O=C(O[C@@H]1CCCO1)N1C2CCC1CNC2. The van der Waals surface area contributed by atoms with Gasteiger partial charge in [0.15, 0.2) is 0 Å². The van der Waals surface area contributed by atoms with E-state index in [0.29, 0.717) is 18.7 Å². The molecule has 5 heteroatoms. The zero-order valence-corrected chi connectivity index (χ0v) is 9.35. The van der Waals surface area contributed by atoms with Crippen molar-refractivity contribution in [1.29, 1.82) is 0 Å². The Bertz CT molecular complexity index is 262. The molecule has 5 nitrogen and oxygen atoms in total. The molecule has 0 aromatic rings. The number of hydrogen-bond acceptors (Lipinski definition) is 4. The van der Waals surface area contributed by atoms with Crippen LogP contribution in [0.3, 0.4) is 0 Å². The quantitative estimate of drug-likeness (QED) is 0.715. The average Bonchev–Trinajstić information content (AvgIpc) is 2.86. The van der Waals surface area contributed by atoms with Crippen LogP contribution >= 0.6 is 0 Å². The van der Waals surface area contributed by atoms with Gasteiger partial charge in [-0.3, -0.25) is 4.90 Å². The Labute approximate surface area is 95.1 Å². The smallest absolute Gasteiger partial charge is 0.412 e. The van der Waals surface area contributed by atoms with Gasteiger partial charge in [0.25, 0.3) is 0 Å². The van der Waals surface area contributed by atoms with Gasteiger partial charge in [-0.25, -0.2) is 4.79 Å². The number of piperazine rings is 1. The van der Waals surface area contributed by atoms with Crippen LogP contribution in [0.1, 0.15) is 25.7 Å². The summed E-state index contributed by atoms with van der Waals surface area (Å²) in [6.45, 7) is 2.51. The average molecular weight is 226 g/mol. The van der Waals surface area contributed by atoms with E-state index >= 15 is 0 Å². The molecule has 0 radical (unpaired) electrons. The van der Waals surface area contributed by atoms with E-state index in [2.05, 4.69) is 5.32 Å². The second kappa shape index (κ2) is 4.22. The largest absolute Gasteiger partial charge is 0.419 e. The van der Waals surface area contributed by atoms with Gasteiger partial charge < -0.3 is 14.8 Å². The van der Waals surface area contributed by atoms with Gasteiger partial charge in [0.2, 0.25) is 6.29 Å². The maximum atomic E-state index is 12.0. The van der Waals surface area contributed by atoms with E-state index in [0.717, 1.165) is 38.8 Å². The van der Waals surface area contributed by atoms with E-state index in [1.165, 1.54) is 0 Å². The van der Waals surface area contributed by atoms with Gasteiger partial charge in [0.05, 0.1) is 6.61 Å². The fraction of sp³-hybridized carbons (Fsp3) is 0.909. The minimum absolute atomic E-state index is 0.180. The van der Waals surface area contributed by atoms with Crippen LogP contribution in [0.2, 0.25) is 0 Å². The predicted molar refractivity (Wildman–Crippen MR) is 57.0 cm³/mol. The molecule has 3 rings (SSSR count). The van der Waals surface area contributed by atoms with Gasteiger partial charge in [-0.15, -0.1) is 0 Å². The van der Waals surface area contributed by atoms with Crippen molar-refractivity contribution in [2.24, 2.45) is 0 Å². The van der Waals surface area contributed by atoms with Gasteiger partial charge >= 0.3 is 6.09 Å². The first-order valence-corrected chi connectivity index (χ1v) is 6.16. The van der Waals surface area contributed by atoms with Crippen LogP contribution < -0.4 is 5.32 Å². The lowest BCUT2D eigenvalue weighted by Crippen LogP contribution is -2.54. The summed E-state index contributed by atoms with van der Waals surface area (Å²) >= 11 is 0. The van der Waals surface area contributed by atoms with Crippen LogP contribution in [0.15, 0.2) is 0 Å². The van der Waals surface area contributed by atoms with E-state index in [9.17, 15) is 4.79 Å². The first-order chi connectivity index (χ1) is 7.84. The van der Waals surface area contributed by atoms with E-state index in [1.807, 2.05) is 4.90 Å². The lowest BCUT2D eigenvalue weighted by Gasteiger charge is -2.34. The van der Waals surface area contributed by atoms with Crippen LogP contribution in [0.4, 0.5) is 4.79 Å². The summed E-state index contributed by atoms with van der Waals surface area (Å²) < 4.78 is 10.7. The first-order valence-electron chi connectivity index (χ1n) is 6.16. The molecule has 3 aliphatic rings. The Kier molecular flexibility index (Phi) is 2.73. The summed E-state index contributed by atoms with van der Waals surface area (Å²) in [5, 5.41) is 3.34. The molecule has 0 saturated carbocycles. The predicted octanol–water partition coefficient (Wildman–Crippen LogP) is 0.696. The zero-order chi connectivity index (χ0) is 11.0. The lowest BCUT2D eigenvalue weighted by atomic mass is 10.2. The summed E-state index contributed by atoms with van der Waals surface area (Å²) in [4.78, 5) is 13.9. The van der Waals surface area contributed by atoms with Crippen LogP contribution in [0, 0.1) is 0 Å². The fourth-order valence-corrected chi connectivity index (χ4v) is 2.89. The molecule has 1 amide bonds. The number of ether oxygens (including phenoxy) is 2. The number of carbonyl (C=O) groups is 1. The molecule has 0 aromatic carbocycles. The molecule has 2 bridgehead atoms. The van der Waals surface area contributed by atoms with Crippen molar-refractivity contribution in [2.45, 2.75) is 44.1 Å². The Morgan fingerprint density at radius 1 is 1.25 bits per heavy atom. The topological polar surface area (TPSA) is 50.8 Å². The Hall–Kier alpha value is -0.810. The number of amides is 1. The van der Waals surface area contributed by atoms with E-state index in [1.54, 1.807) is 0 Å². The van der Waals surface area contributed by atoms with Crippen molar-refractivity contribution in [1.82, 2.24) is 10.2 Å². The molecule has 0 aliphatic carbocycles. The summed E-state index contributed by atoms with van der Waals surface area (Å²) in [7, 11) is 0. The van der Waals surface area contributed by atoms with Crippen LogP contribution in [0.5, 0.6) is 0 Å². The third-order valence-corrected chi connectivity index (χ3v) is 3.71. The van der Waals surface area contributed by atoms with Gasteiger partial charge in [0, 0.05) is 31.6 Å². The van der Waals surface area contributed by atoms with Crippen molar-refractivity contribution >= 4 is 6.09 Å². The van der Waals surface area contributed by atoms with Crippen molar-refractivity contribution in [3.63, 3.8) is 0 Å². The van der Waals surface area contributed by atoms with Crippen LogP contribution in [-0.2, 0) is 9.47 Å². The highest BCUT2D eigenvalue weighted by molar-refractivity contribution is 5.69. The monoisotopic (exact) mass is 226 g/mol. The second-order valence-corrected chi connectivity index (χ2v) is 4.78. The molecule has 3 atom stereocenters. The minimum atomic E-state index is -0.304. The highest BCUT2D eigenvalue weighted by Crippen LogP contribution is 2.28. The van der Waals surface area contributed by atoms with Crippen molar-refractivity contribution in [2.75, 3.05) is 19.7 Å². The van der Waals surface area contributed by atoms with E-state index < -0.39 is 0 Å². The molecule has 90 valence electrons. The van der Waals surface area contributed by atoms with Crippen LogP contribution in [-0.4, -0.2) is 49.1 Å². The van der Waals surface area contributed by atoms with Crippen molar-refractivity contribution in [3.05, 3.63) is 0 Å². The standard InChI is InChI=1S/C11H18N2O3/c14-11(16-10-2-1-5-15-10)13-8-3-4-9(13)7-12-6-8/h8-10,12H,1-7H2/t8?,9?,10-/m1/s1. The van der Waals surface area contributed by atoms with E-state index in [4.69, 9.17) is 9.47 Å². The Balaban J connectivity index is 1.61. The highest BCUT2D eigenvalue weighted by atomic mass is 16.7. The fourth-order valence-electron chi connectivity index (χ4n) is 2.89. The molecule has 2 unspecified atom stereocenters. The molecule has 1 N–H and O–H groups in total. The Morgan fingerprint density at radius 2 is 2.00 bits per heavy atom. The first kappa shape index (κ1) is 10.4. The molecule has 16 heavy (non-hydrogen) atoms. The van der Waals surface area contributed by atoms with Crippen molar-refractivity contribution in [3.8, 4) is 0 Å². The van der Waals surface area contributed by atoms with Crippen molar-refractivity contribution < 1.29 is 14.3 Å². The number of nitrogens with zero attached hydrogens (tertiary/aromatic N) is 1. The van der Waals surface area contributed by atoms with E-state index in [-0.39, 0.29) is 12.4 Å². The highest BCUT2D eigenvalue weighted by Gasteiger charge is 2.41.